The number of amides is 1. The highest BCUT2D eigenvalue weighted by Gasteiger charge is 2.16. The minimum Gasteiger partial charge on any atom is -0.355 e. The molecule has 0 radical (unpaired) electrons. The summed E-state index contributed by atoms with van der Waals surface area (Å²) in [5.74, 6) is -0.365. The van der Waals surface area contributed by atoms with E-state index in [0.29, 0.717) is 5.52 Å². The molecule has 1 amide bonds. The lowest BCUT2D eigenvalue weighted by atomic mass is 10.1. The van der Waals surface area contributed by atoms with E-state index in [0.717, 1.165) is 22.1 Å². The largest absolute Gasteiger partial charge is 0.355 e. The van der Waals surface area contributed by atoms with E-state index in [-0.39, 0.29) is 24.0 Å². The summed E-state index contributed by atoms with van der Waals surface area (Å²) in [5, 5.41) is 2.75. The fraction of sp³-hybridized carbons (Fsp3) is 0.278. The first kappa shape index (κ1) is 16.8. The van der Waals surface area contributed by atoms with Gasteiger partial charge in [-0.3, -0.25) is 9.59 Å². The highest BCUT2D eigenvalue weighted by Crippen LogP contribution is 2.24. The van der Waals surface area contributed by atoms with Crippen molar-refractivity contribution in [3.05, 3.63) is 57.4 Å². The van der Waals surface area contributed by atoms with Gasteiger partial charge in [0.2, 0.25) is 5.91 Å². The molecule has 3 N–H and O–H groups in total. The van der Waals surface area contributed by atoms with E-state index in [2.05, 4.69) is 15.3 Å². The number of fused-ring (bicyclic) bond motifs is 1. The molecule has 0 saturated carbocycles. The Kier molecular flexibility index (Phi) is 4.56. The van der Waals surface area contributed by atoms with Crippen LogP contribution in [0.3, 0.4) is 0 Å². The third kappa shape index (κ3) is 3.26. The van der Waals surface area contributed by atoms with E-state index < -0.39 is 11.2 Å². The Bertz CT molecular complexity index is 1010. The van der Waals surface area contributed by atoms with Crippen LogP contribution in [0.25, 0.3) is 22.2 Å². The van der Waals surface area contributed by atoms with Crippen molar-refractivity contribution in [3.63, 3.8) is 0 Å². The van der Waals surface area contributed by atoms with Crippen LogP contribution in [0.5, 0.6) is 0 Å². The molecule has 130 valence electrons. The van der Waals surface area contributed by atoms with Crippen LogP contribution >= 0.6 is 0 Å². The van der Waals surface area contributed by atoms with Crippen molar-refractivity contribution in [1.29, 1.82) is 0 Å². The fourth-order valence-electron chi connectivity index (χ4n) is 2.68. The molecule has 2 aromatic heterocycles. The predicted molar refractivity (Wildman–Crippen MR) is 96.5 cm³/mol. The first-order valence-corrected chi connectivity index (χ1v) is 8.20. The Morgan fingerprint density at radius 3 is 2.60 bits per heavy atom. The lowest BCUT2D eigenvalue weighted by Gasteiger charge is -2.11. The molecule has 0 unspecified atom stereocenters. The van der Waals surface area contributed by atoms with Crippen molar-refractivity contribution in [2.24, 2.45) is 0 Å². The maximum absolute atomic E-state index is 12.6. The number of nitrogens with one attached hydrogen (secondary N) is 3. The van der Waals surface area contributed by atoms with Crippen LogP contribution in [0.15, 0.2) is 46.1 Å². The van der Waals surface area contributed by atoms with Gasteiger partial charge in [-0.25, -0.2) is 9.36 Å². The number of hydrogen-bond acceptors (Lipinski definition) is 3. The smallest absolute Gasteiger partial charge is 0.329 e. The normalized spacial score (nSPS) is 12.2. The lowest BCUT2D eigenvalue weighted by molar-refractivity contribution is -0.122. The molecular formula is C18H20N4O3. The number of hydrogen-bond donors (Lipinski definition) is 3. The van der Waals surface area contributed by atoms with Gasteiger partial charge >= 0.3 is 5.69 Å². The molecule has 7 nitrogen and oxygen atoms in total. The van der Waals surface area contributed by atoms with Crippen LogP contribution in [0.2, 0.25) is 0 Å². The van der Waals surface area contributed by atoms with Crippen molar-refractivity contribution in [1.82, 2.24) is 19.9 Å². The Hall–Kier alpha value is -3.09. The van der Waals surface area contributed by atoms with Gasteiger partial charge in [0, 0.05) is 17.8 Å². The van der Waals surface area contributed by atoms with Gasteiger partial charge in [0.25, 0.3) is 5.56 Å². The minimum absolute atomic E-state index is 0.0128. The molecule has 2 heterocycles. The van der Waals surface area contributed by atoms with Crippen LogP contribution < -0.4 is 16.6 Å². The van der Waals surface area contributed by atoms with Crippen molar-refractivity contribution < 1.29 is 4.79 Å². The number of carbonyl (C=O) groups is 1. The molecule has 0 aliphatic heterocycles. The van der Waals surface area contributed by atoms with Crippen molar-refractivity contribution >= 4 is 16.9 Å². The van der Waals surface area contributed by atoms with Gasteiger partial charge in [0.05, 0.1) is 5.52 Å². The molecule has 0 bridgehead atoms. The first-order valence-electron chi connectivity index (χ1n) is 8.20. The van der Waals surface area contributed by atoms with Gasteiger partial charge in [-0.05, 0) is 18.9 Å². The second-order valence-corrected chi connectivity index (χ2v) is 6.02. The number of aromatic nitrogens is 3. The molecule has 3 rings (SSSR count). The standard InChI is InChI=1S/C18H20N4O3/c1-3-11(2)20-14(23)10-22-17(24)16-15(21-18(22)25)13(9-19-16)12-7-5-4-6-8-12/h4-9,11,19H,3,10H2,1-2H3,(H,20,23)(H,21,25)/t11-/m0/s1. The SMILES string of the molecule is CC[C@H](C)NC(=O)Cn1c(=O)[nH]c2c(-c3ccccc3)c[nH]c2c1=O. The van der Waals surface area contributed by atoms with E-state index in [1.165, 1.54) is 0 Å². The summed E-state index contributed by atoms with van der Waals surface area (Å²) in [5.41, 5.74) is 1.22. The van der Waals surface area contributed by atoms with E-state index >= 15 is 0 Å². The average molecular weight is 340 g/mol. The summed E-state index contributed by atoms with van der Waals surface area (Å²) >= 11 is 0. The maximum atomic E-state index is 12.6. The van der Waals surface area contributed by atoms with Gasteiger partial charge in [-0.1, -0.05) is 37.3 Å². The molecule has 7 heteroatoms. The van der Waals surface area contributed by atoms with E-state index in [9.17, 15) is 14.4 Å². The molecule has 1 aromatic carbocycles. The predicted octanol–water partition coefficient (Wildman–Crippen LogP) is 1.60. The Balaban J connectivity index is 2.02. The van der Waals surface area contributed by atoms with Crippen LogP contribution in [0.1, 0.15) is 20.3 Å². The summed E-state index contributed by atoms with van der Waals surface area (Å²) in [6, 6.07) is 9.43. The van der Waals surface area contributed by atoms with Crippen molar-refractivity contribution in [3.8, 4) is 11.1 Å². The monoisotopic (exact) mass is 340 g/mol. The first-order chi connectivity index (χ1) is 12.0. The van der Waals surface area contributed by atoms with E-state index in [1.54, 1.807) is 6.20 Å². The Labute approximate surface area is 143 Å². The number of aromatic amines is 2. The summed E-state index contributed by atoms with van der Waals surface area (Å²) in [6.45, 7) is 3.50. The van der Waals surface area contributed by atoms with Gasteiger partial charge in [-0.2, -0.15) is 0 Å². The van der Waals surface area contributed by atoms with Gasteiger partial charge in [-0.15, -0.1) is 0 Å². The summed E-state index contributed by atoms with van der Waals surface area (Å²) in [4.78, 5) is 42.6. The molecule has 3 aromatic rings. The third-order valence-electron chi connectivity index (χ3n) is 4.22. The van der Waals surface area contributed by atoms with Crippen molar-refractivity contribution in [2.75, 3.05) is 0 Å². The molecule has 0 aliphatic rings. The molecule has 0 saturated heterocycles. The molecule has 25 heavy (non-hydrogen) atoms. The third-order valence-corrected chi connectivity index (χ3v) is 4.22. The quantitative estimate of drug-likeness (QED) is 0.658. The Morgan fingerprint density at radius 1 is 1.20 bits per heavy atom. The molecule has 0 fully saturated rings. The Morgan fingerprint density at radius 2 is 1.92 bits per heavy atom. The minimum atomic E-state index is -0.603. The van der Waals surface area contributed by atoms with Crippen LogP contribution in [0, 0.1) is 0 Å². The van der Waals surface area contributed by atoms with Crippen LogP contribution in [0.4, 0.5) is 0 Å². The molecular weight excluding hydrogens is 320 g/mol. The number of nitrogens with zero attached hydrogens (tertiary/aromatic N) is 1. The summed E-state index contributed by atoms with van der Waals surface area (Å²) < 4.78 is 0.908. The van der Waals surface area contributed by atoms with E-state index in [1.807, 2.05) is 44.2 Å². The topological polar surface area (TPSA) is 99.8 Å². The van der Waals surface area contributed by atoms with Gasteiger partial charge in [0.15, 0.2) is 0 Å². The van der Waals surface area contributed by atoms with Crippen LogP contribution in [-0.4, -0.2) is 26.5 Å². The van der Waals surface area contributed by atoms with Crippen LogP contribution in [-0.2, 0) is 11.3 Å². The zero-order valence-corrected chi connectivity index (χ0v) is 14.1. The number of carbonyl (C=O) groups excluding carboxylic acids is 1. The van der Waals surface area contributed by atoms with Gasteiger partial charge < -0.3 is 15.3 Å². The second kappa shape index (κ2) is 6.80. The highest BCUT2D eigenvalue weighted by atomic mass is 16.2. The molecule has 0 aliphatic carbocycles. The molecule has 1 atom stereocenters. The number of H-pyrrole nitrogens is 2. The average Bonchev–Trinajstić information content (AvgIpc) is 3.03. The summed E-state index contributed by atoms with van der Waals surface area (Å²) in [6.07, 6.45) is 2.45. The lowest BCUT2D eigenvalue weighted by Crippen LogP contribution is -2.42. The molecule has 0 spiro atoms. The second-order valence-electron chi connectivity index (χ2n) is 6.02. The number of benzene rings is 1. The van der Waals surface area contributed by atoms with Crippen molar-refractivity contribution in [2.45, 2.75) is 32.9 Å². The fourth-order valence-corrected chi connectivity index (χ4v) is 2.68. The summed E-state index contributed by atoms with van der Waals surface area (Å²) in [7, 11) is 0. The maximum Gasteiger partial charge on any atom is 0.329 e. The zero-order chi connectivity index (χ0) is 18.0. The highest BCUT2D eigenvalue weighted by molar-refractivity contribution is 5.91. The van der Waals surface area contributed by atoms with Gasteiger partial charge in [0.1, 0.15) is 12.1 Å². The van der Waals surface area contributed by atoms with E-state index in [4.69, 9.17) is 0 Å². The number of rotatable bonds is 5. The zero-order valence-electron chi connectivity index (χ0n) is 14.1.